The van der Waals surface area contributed by atoms with Gasteiger partial charge in [0, 0.05) is 0 Å². The van der Waals surface area contributed by atoms with Crippen LogP contribution in [0.1, 0.15) is 30.6 Å². The monoisotopic (exact) mass is 267 g/mol. The molecule has 1 rings (SSSR count). The van der Waals surface area contributed by atoms with Crippen LogP contribution in [0.5, 0.6) is 11.5 Å². The Morgan fingerprint density at radius 1 is 1.26 bits per heavy atom. The molecule has 6 nitrogen and oxygen atoms in total. The Kier molecular flexibility index (Phi) is 4.74. The number of carbonyl (C=O) groups is 2. The van der Waals surface area contributed by atoms with Gasteiger partial charge in [0.15, 0.2) is 0 Å². The maximum absolute atomic E-state index is 11.9. The fourth-order valence-corrected chi connectivity index (χ4v) is 1.66. The van der Waals surface area contributed by atoms with E-state index in [0.29, 0.717) is 6.42 Å². The van der Waals surface area contributed by atoms with Gasteiger partial charge in [0.25, 0.3) is 5.91 Å². The minimum Gasteiger partial charge on any atom is -0.507 e. The number of amides is 1. The van der Waals surface area contributed by atoms with Crippen molar-refractivity contribution < 1.29 is 24.9 Å². The lowest BCUT2D eigenvalue weighted by Crippen LogP contribution is -2.45. The molecule has 0 aliphatic carbocycles. The normalized spacial score (nSPS) is 13.6. The van der Waals surface area contributed by atoms with E-state index in [1.54, 1.807) is 6.92 Å². The minimum absolute atomic E-state index is 0.269. The first-order valence-corrected chi connectivity index (χ1v) is 5.93. The summed E-state index contributed by atoms with van der Waals surface area (Å²) in [7, 11) is 0. The van der Waals surface area contributed by atoms with Crippen LogP contribution in [-0.4, -0.2) is 33.2 Å². The van der Waals surface area contributed by atoms with Crippen molar-refractivity contribution in [3.63, 3.8) is 0 Å². The quantitative estimate of drug-likeness (QED) is 0.643. The topological polar surface area (TPSA) is 107 Å². The van der Waals surface area contributed by atoms with Crippen molar-refractivity contribution in [1.82, 2.24) is 5.32 Å². The number of hydrogen-bond acceptors (Lipinski definition) is 4. The van der Waals surface area contributed by atoms with E-state index in [2.05, 4.69) is 5.32 Å². The fourth-order valence-electron chi connectivity index (χ4n) is 1.66. The zero-order valence-corrected chi connectivity index (χ0v) is 10.8. The molecule has 0 aliphatic heterocycles. The number of carboxylic acid groups (broad SMARTS) is 1. The number of phenols is 2. The van der Waals surface area contributed by atoms with Gasteiger partial charge in [-0.25, -0.2) is 4.79 Å². The lowest BCUT2D eigenvalue weighted by atomic mass is 9.98. The van der Waals surface area contributed by atoms with Crippen molar-refractivity contribution in [1.29, 1.82) is 0 Å². The van der Waals surface area contributed by atoms with Gasteiger partial charge in [-0.15, -0.1) is 0 Å². The average Bonchev–Trinajstić information content (AvgIpc) is 2.34. The number of rotatable bonds is 5. The third kappa shape index (κ3) is 3.37. The Labute approximate surface area is 110 Å². The van der Waals surface area contributed by atoms with Gasteiger partial charge in [0.05, 0.1) is 0 Å². The van der Waals surface area contributed by atoms with Crippen LogP contribution in [0.4, 0.5) is 0 Å². The van der Waals surface area contributed by atoms with Crippen LogP contribution < -0.4 is 5.32 Å². The molecule has 0 aromatic heterocycles. The van der Waals surface area contributed by atoms with Crippen molar-refractivity contribution in [3.8, 4) is 11.5 Å². The van der Waals surface area contributed by atoms with E-state index in [0.717, 1.165) is 0 Å². The highest BCUT2D eigenvalue weighted by Gasteiger charge is 2.27. The molecule has 104 valence electrons. The highest BCUT2D eigenvalue weighted by Crippen LogP contribution is 2.26. The molecule has 0 heterocycles. The summed E-state index contributed by atoms with van der Waals surface area (Å²) in [6.07, 6.45) is 0.573. The molecule has 1 unspecified atom stereocenters. The first-order valence-electron chi connectivity index (χ1n) is 5.93. The van der Waals surface area contributed by atoms with E-state index >= 15 is 0 Å². The molecular formula is C13H17NO5. The second-order valence-corrected chi connectivity index (χ2v) is 4.35. The Balaban J connectivity index is 2.98. The molecule has 2 atom stereocenters. The second kappa shape index (κ2) is 6.08. The molecule has 6 heteroatoms. The standard InChI is InChI=1S/C13H17NO5/c1-3-7(2)11(13(18)19)14-12(17)10-8(15)5-4-6-9(10)16/h4-7,11,15-16H,3H2,1-2H3,(H,14,17)(H,18,19)/t7?,11-/m0/s1. The highest BCUT2D eigenvalue weighted by atomic mass is 16.4. The Morgan fingerprint density at radius 2 is 1.79 bits per heavy atom. The Morgan fingerprint density at radius 3 is 2.21 bits per heavy atom. The number of benzene rings is 1. The number of carboxylic acids is 1. The molecule has 19 heavy (non-hydrogen) atoms. The largest absolute Gasteiger partial charge is 0.507 e. The molecule has 1 aromatic carbocycles. The fraction of sp³-hybridized carbons (Fsp3) is 0.385. The van der Waals surface area contributed by atoms with Gasteiger partial charge in [0.1, 0.15) is 23.1 Å². The van der Waals surface area contributed by atoms with Crippen LogP contribution >= 0.6 is 0 Å². The van der Waals surface area contributed by atoms with Gasteiger partial charge < -0.3 is 20.6 Å². The predicted molar refractivity (Wildman–Crippen MR) is 68.1 cm³/mol. The summed E-state index contributed by atoms with van der Waals surface area (Å²) in [4.78, 5) is 23.0. The molecular weight excluding hydrogens is 250 g/mol. The van der Waals surface area contributed by atoms with Crippen LogP contribution in [-0.2, 0) is 4.79 Å². The molecule has 0 saturated heterocycles. The summed E-state index contributed by atoms with van der Waals surface area (Å²) in [5, 5.41) is 30.5. The molecule has 1 aromatic rings. The van der Waals surface area contributed by atoms with Crippen molar-refractivity contribution in [2.45, 2.75) is 26.3 Å². The van der Waals surface area contributed by atoms with E-state index in [4.69, 9.17) is 5.11 Å². The summed E-state index contributed by atoms with van der Waals surface area (Å²) >= 11 is 0. The van der Waals surface area contributed by atoms with Crippen LogP contribution in [0.25, 0.3) is 0 Å². The summed E-state index contributed by atoms with van der Waals surface area (Å²) in [5.74, 6) is -3.04. The molecule has 0 aliphatic rings. The number of aliphatic carboxylic acids is 1. The number of hydrogen-bond donors (Lipinski definition) is 4. The number of nitrogens with one attached hydrogen (secondary N) is 1. The molecule has 1 amide bonds. The Hall–Kier alpha value is -2.24. The van der Waals surface area contributed by atoms with Gasteiger partial charge in [-0.3, -0.25) is 4.79 Å². The van der Waals surface area contributed by atoms with Gasteiger partial charge in [-0.1, -0.05) is 26.3 Å². The smallest absolute Gasteiger partial charge is 0.326 e. The minimum atomic E-state index is -1.15. The Bertz CT molecular complexity index is 466. The van der Waals surface area contributed by atoms with Gasteiger partial charge >= 0.3 is 5.97 Å². The van der Waals surface area contributed by atoms with E-state index in [1.807, 2.05) is 6.92 Å². The number of carbonyl (C=O) groups excluding carboxylic acids is 1. The van der Waals surface area contributed by atoms with E-state index in [9.17, 15) is 19.8 Å². The molecule has 0 spiro atoms. The van der Waals surface area contributed by atoms with Gasteiger partial charge in [0.2, 0.25) is 0 Å². The molecule has 0 bridgehead atoms. The summed E-state index contributed by atoms with van der Waals surface area (Å²) in [6.45, 7) is 3.51. The third-order valence-corrected chi connectivity index (χ3v) is 3.01. The van der Waals surface area contributed by atoms with Crippen molar-refractivity contribution in [2.24, 2.45) is 5.92 Å². The second-order valence-electron chi connectivity index (χ2n) is 4.35. The molecule has 4 N–H and O–H groups in total. The van der Waals surface area contributed by atoms with Crippen molar-refractivity contribution in [3.05, 3.63) is 23.8 Å². The zero-order chi connectivity index (χ0) is 14.6. The lowest BCUT2D eigenvalue weighted by Gasteiger charge is -2.20. The van der Waals surface area contributed by atoms with Crippen molar-refractivity contribution in [2.75, 3.05) is 0 Å². The van der Waals surface area contributed by atoms with Gasteiger partial charge in [-0.05, 0) is 18.1 Å². The SMILES string of the molecule is CCC(C)[C@H](NC(=O)c1c(O)cccc1O)C(=O)O. The maximum Gasteiger partial charge on any atom is 0.326 e. The van der Waals surface area contributed by atoms with Crippen LogP contribution in [0, 0.1) is 5.92 Å². The number of aromatic hydroxyl groups is 2. The van der Waals surface area contributed by atoms with Gasteiger partial charge in [-0.2, -0.15) is 0 Å². The average molecular weight is 267 g/mol. The third-order valence-electron chi connectivity index (χ3n) is 3.01. The summed E-state index contributed by atoms with van der Waals surface area (Å²) in [5.41, 5.74) is -0.322. The lowest BCUT2D eigenvalue weighted by molar-refractivity contribution is -0.140. The summed E-state index contributed by atoms with van der Waals surface area (Å²) < 4.78 is 0. The summed E-state index contributed by atoms with van der Waals surface area (Å²) in [6, 6.07) is 2.79. The molecule has 0 saturated carbocycles. The van der Waals surface area contributed by atoms with Crippen molar-refractivity contribution >= 4 is 11.9 Å². The first kappa shape index (κ1) is 14.8. The highest BCUT2D eigenvalue weighted by molar-refractivity contribution is 6.01. The van der Waals surface area contributed by atoms with Crippen LogP contribution in [0.3, 0.4) is 0 Å². The first-order chi connectivity index (χ1) is 8.88. The van der Waals surface area contributed by atoms with E-state index in [-0.39, 0.29) is 11.5 Å². The van der Waals surface area contributed by atoms with Crippen LogP contribution in [0.2, 0.25) is 0 Å². The predicted octanol–water partition coefficient (Wildman–Crippen LogP) is 1.33. The van der Waals surface area contributed by atoms with Crippen LogP contribution in [0.15, 0.2) is 18.2 Å². The van der Waals surface area contributed by atoms with E-state index in [1.165, 1.54) is 18.2 Å². The maximum atomic E-state index is 11.9. The zero-order valence-electron chi connectivity index (χ0n) is 10.8. The number of phenolic OH excluding ortho intramolecular Hbond substituents is 2. The molecule has 0 fully saturated rings. The molecule has 0 radical (unpaired) electrons. The van der Waals surface area contributed by atoms with E-state index < -0.39 is 29.4 Å².